The third kappa shape index (κ3) is 8.36. The van der Waals surface area contributed by atoms with E-state index in [-0.39, 0.29) is 0 Å². The van der Waals surface area contributed by atoms with Crippen molar-refractivity contribution in [2.45, 2.75) is 5.41 Å². The van der Waals surface area contributed by atoms with Crippen molar-refractivity contribution in [1.82, 2.24) is 0 Å². The molecule has 0 radical (unpaired) electrons. The third-order valence-corrected chi connectivity index (χ3v) is 12.5. The average Bonchev–Trinajstić information content (AvgIpc) is 3.41. The fraction of sp³-hybridized carbons (Fsp3) is 0.0159. The van der Waals surface area contributed by atoms with E-state index in [0.29, 0.717) is 11.1 Å². The molecule has 0 bridgehead atoms. The van der Waals surface area contributed by atoms with Gasteiger partial charge in [-0.1, -0.05) is 170 Å². The fourth-order valence-corrected chi connectivity index (χ4v) is 9.29. The van der Waals surface area contributed by atoms with Gasteiger partial charge in [-0.15, -0.1) is 0 Å². The topological polar surface area (TPSA) is 54.1 Å². The van der Waals surface area contributed by atoms with Crippen LogP contribution in [0.15, 0.2) is 267 Å². The summed E-state index contributed by atoms with van der Waals surface area (Å²) in [6.07, 6.45) is 0. The van der Waals surface area contributed by atoms with Gasteiger partial charge in [-0.05, 0) is 142 Å². The van der Waals surface area contributed by atoms with Gasteiger partial charge in [-0.3, -0.25) is 0 Å². The molecule has 0 aliphatic rings. The minimum absolute atomic E-state index is 0.622. The Bertz CT molecular complexity index is 3010. The molecule has 0 saturated carbocycles. The summed E-state index contributed by atoms with van der Waals surface area (Å²) in [6, 6.07) is 97.7. The van der Waals surface area contributed by atoms with Crippen molar-refractivity contribution in [2.75, 3.05) is 9.80 Å². The van der Waals surface area contributed by atoms with Crippen LogP contribution in [-0.2, 0) is 5.41 Å². The van der Waals surface area contributed by atoms with E-state index in [0.717, 1.165) is 78.6 Å². The molecular weight excluding hydrogens is 813 g/mol. The average molecular weight is 857 g/mol. The van der Waals surface area contributed by atoms with Crippen LogP contribution in [-0.4, -0.2) is 0 Å². The number of anilines is 6. The van der Waals surface area contributed by atoms with Gasteiger partial charge in [-0.2, -0.15) is 10.5 Å². The molecular formula is C63H44N4. The zero-order valence-corrected chi connectivity index (χ0v) is 36.7. The molecule has 0 aliphatic heterocycles. The molecule has 0 amide bonds. The van der Waals surface area contributed by atoms with E-state index >= 15 is 0 Å². The van der Waals surface area contributed by atoms with Crippen LogP contribution in [0.4, 0.5) is 34.1 Å². The van der Waals surface area contributed by atoms with Gasteiger partial charge >= 0.3 is 0 Å². The van der Waals surface area contributed by atoms with Gasteiger partial charge in [0.25, 0.3) is 0 Å². The van der Waals surface area contributed by atoms with Gasteiger partial charge in [0.1, 0.15) is 0 Å². The number of para-hydroxylation sites is 4. The number of benzene rings is 10. The Morgan fingerprint density at radius 2 is 0.522 bits per heavy atom. The van der Waals surface area contributed by atoms with E-state index in [9.17, 15) is 10.5 Å². The first-order valence-corrected chi connectivity index (χ1v) is 22.4. The molecule has 0 spiro atoms. The lowest BCUT2D eigenvalue weighted by Gasteiger charge is -2.38. The van der Waals surface area contributed by atoms with E-state index in [2.05, 4.69) is 228 Å². The molecule has 10 aromatic carbocycles. The summed E-state index contributed by atoms with van der Waals surface area (Å²) in [5.41, 5.74) is 15.1. The van der Waals surface area contributed by atoms with Crippen LogP contribution in [0.5, 0.6) is 0 Å². The minimum atomic E-state index is -0.814. The molecule has 0 fully saturated rings. The third-order valence-electron chi connectivity index (χ3n) is 12.5. The molecule has 0 heterocycles. The molecule has 67 heavy (non-hydrogen) atoms. The second kappa shape index (κ2) is 18.9. The largest absolute Gasteiger partial charge is 0.311 e. The van der Waals surface area contributed by atoms with Crippen molar-refractivity contribution in [1.29, 1.82) is 10.5 Å². The number of rotatable bonds is 12. The van der Waals surface area contributed by atoms with Crippen LogP contribution in [0, 0.1) is 22.7 Å². The zero-order valence-electron chi connectivity index (χ0n) is 36.7. The fourth-order valence-electron chi connectivity index (χ4n) is 9.29. The van der Waals surface area contributed by atoms with Crippen LogP contribution in [0.3, 0.4) is 0 Å². The SMILES string of the molecule is N#Cc1cccc(-c2ccc(C(c3ccc(-c4cccc(C#N)c4)cc3)(c3ccc(N(c4ccccc4)c4ccccc4)cc3)c3ccc(N(c4ccccc4)c4ccccc4)cc3)cc2)c1. The Labute approximate surface area is 392 Å². The predicted octanol–water partition coefficient (Wildman–Crippen LogP) is 16.1. The van der Waals surface area contributed by atoms with Crippen molar-refractivity contribution in [2.24, 2.45) is 0 Å². The molecule has 316 valence electrons. The highest BCUT2D eigenvalue weighted by molar-refractivity contribution is 5.79. The molecule has 4 heteroatoms. The van der Waals surface area contributed by atoms with E-state index < -0.39 is 5.41 Å². The molecule has 0 N–H and O–H groups in total. The lowest BCUT2D eigenvalue weighted by molar-refractivity contribution is 0.745. The molecule has 0 aliphatic carbocycles. The number of nitriles is 2. The van der Waals surface area contributed by atoms with Crippen molar-refractivity contribution in [3.8, 4) is 34.4 Å². The first-order chi connectivity index (χ1) is 33.1. The van der Waals surface area contributed by atoms with Crippen LogP contribution >= 0.6 is 0 Å². The molecule has 0 atom stereocenters. The Morgan fingerprint density at radius 3 is 0.806 bits per heavy atom. The quantitative estimate of drug-likeness (QED) is 0.115. The number of hydrogen-bond donors (Lipinski definition) is 0. The van der Waals surface area contributed by atoms with Crippen LogP contribution < -0.4 is 9.80 Å². The van der Waals surface area contributed by atoms with Gasteiger partial charge in [-0.25, -0.2) is 0 Å². The standard InChI is InChI=1S/C63H44N4/c64-45-47-15-13-17-51(43-47)49-27-31-53(32-28-49)63(54-33-29-50(30-34-54)52-18-14-16-48(44-52)46-65,55-35-39-61(40-36-55)66(57-19-5-1-6-20-57)58-21-7-2-8-22-58)56-37-41-62(42-38-56)67(59-23-9-3-10-24-59)60-25-11-4-12-26-60/h1-44H. The van der Waals surface area contributed by atoms with Crippen molar-refractivity contribution in [3.05, 3.63) is 300 Å². The number of hydrogen-bond acceptors (Lipinski definition) is 4. The molecule has 0 unspecified atom stereocenters. The Balaban J connectivity index is 1.19. The molecule has 4 nitrogen and oxygen atoms in total. The van der Waals surface area contributed by atoms with Gasteiger partial charge in [0.15, 0.2) is 0 Å². The number of nitrogens with zero attached hydrogens (tertiary/aromatic N) is 4. The highest BCUT2D eigenvalue weighted by Gasteiger charge is 2.39. The Hall–Kier alpha value is -9.22. The van der Waals surface area contributed by atoms with Crippen molar-refractivity contribution >= 4 is 34.1 Å². The lowest BCUT2D eigenvalue weighted by atomic mass is 9.65. The van der Waals surface area contributed by atoms with Crippen molar-refractivity contribution < 1.29 is 0 Å². The summed E-state index contributed by atoms with van der Waals surface area (Å²) >= 11 is 0. The molecule has 0 aromatic heterocycles. The van der Waals surface area contributed by atoms with Gasteiger partial charge < -0.3 is 9.80 Å². The Morgan fingerprint density at radius 1 is 0.254 bits per heavy atom. The highest BCUT2D eigenvalue weighted by Crippen LogP contribution is 2.48. The smallest absolute Gasteiger partial charge is 0.0991 e. The Kier molecular flexibility index (Phi) is 11.8. The predicted molar refractivity (Wildman–Crippen MR) is 274 cm³/mol. The maximum Gasteiger partial charge on any atom is 0.0991 e. The van der Waals surface area contributed by atoms with Crippen LogP contribution in [0.25, 0.3) is 22.3 Å². The maximum absolute atomic E-state index is 9.75. The van der Waals surface area contributed by atoms with Gasteiger partial charge in [0, 0.05) is 34.1 Å². The van der Waals surface area contributed by atoms with Gasteiger partial charge in [0.05, 0.1) is 28.7 Å². The molecule has 10 rings (SSSR count). The van der Waals surface area contributed by atoms with Gasteiger partial charge in [0.2, 0.25) is 0 Å². The summed E-state index contributed by atoms with van der Waals surface area (Å²) in [5, 5.41) is 19.5. The van der Waals surface area contributed by atoms with E-state index in [4.69, 9.17) is 0 Å². The van der Waals surface area contributed by atoms with Crippen LogP contribution in [0.1, 0.15) is 33.4 Å². The van der Waals surface area contributed by atoms with E-state index in [1.807, 2.05) is 60.7 Å². The summed E-state index contributed by atoms with van der Waals surface area (Å²) < 4.78 is 0. The maximum atomic E-state index is 9.75. The zero-order chi connectivity index (χ0) is 45.4. The highest BCUT2D eigenvalue weighted by atomic mass is 15.1. The first kappa shape index (κ1) is 41.8. The van der Waals surface area contributed by atoms with Crippen LogP contribution in [0.2, 0.25) is 0 Å². The molecule has 10 aromatic rings. The first-order valence-electron chi connectivity index (χ1n) is 22.4. The van der Waals surface area contributed by atoms with E-state index in [1.54, 1.807) is 0 Å². The van der Waals surface area contributed by atoms with E-state index in [1.165, 1.54) is 0 Å². The van der Waals surface area contributed by atoms with Crippen molar-refractivity contribution in [3.63, 3.8) is 0 Å². The lowest BCUT2D eigenvalue weighted by Crippen LogP contribution is -2.31. The second-order valence-electron chi connectivity index (χ2n) is 16.4. The summed E-state index contributed by atoms with van der Waals surface area (Å²) in [4.78, 5) is 4.58. The molecule has 0 saturated heterocycles. The summed E-state index contributed by atoms with van der Waals surface area (Å²) in [5.74, 6) is 0. The summed E-state index contributed by atoms with van der Waals surface area (Å²) in [7, 11) is 0. The monoisotopic (exact) mass is 856 g/mol. The second-order valence-corrected chi connectivity index (χ2v) is 16.4. The minimum Gasteiger partial charge on any atom is -0.311 e. The normalized spacial score (nSPS) is 11.0. The summed E-state index contributed by atoms with van der Waals surface area (Å²) in [6.45, 7) is 0.